The van der Waals surface area contributed by atoms with Gasteiger partial charge in [0.1, 0.15) is 0 Å². The Morgan fingerprint density at radius 2 is 1.04 bits per heavy atom. The lowest BCUT2D eigenvalue weighted by molar-refractivity contribution is -0.272. The SMILES string of the molecule is CC/C=C/CCCCCCCC/C=C/CCCC.CCCCCOOC. The van der Waals surface area contributed by atoms with E-state index in [0.29, 0.717) is 0 Å². The summed E-state index contributed by atoms with van der Waals surface area (Å²) in [6.45, 7) is 7.34. The van der Waals surface area contributed by atoms with Gasteiger partial charge in [0, 0.05) is 0 Å². The molecule has 2 heteroatoms. The summed E-state index contributed by atoms with van der Waals surface area (Å²) in [7, 11) is 1.53. The molecule has 0 rings (SSSR count). The Labute approximate surface area is 165 Å². The first-order chi connectivity index (χ1) is 12.8. The first-order valence-corrected chi connectivity index (χ1v) is 11.3. The molecular weight excluding hydrogens is 320 g/mol. The first-order valence-electron chi connectivity index (χ1n) is 11.3. The van der Waals surface area contributed by atoms with Gasteiger partial charge in [-0.15, -0.1) is 0 Å². The maximum Gasteiger partial charge on any atom is 0.0822 e. The van der Waals surface area contributed by atoms with Crippen molar-refractivity contribution in [1.29, 1.82) is 0 Å². The minimum atomic E-state index is 0.727. The highest BCUT2D eigenvalue weighted by atomic mass is 17.2. The summed E-state index contributed by atoms with van der Waals surface area (Å²) in [4.78, 5) is 9.02. The van der Waals surface area contributed by atoms with Gasteiger partial charge >= 0.3 is 0 Å². The van der Waals surface area contributed by atoms with Crippen molar-refractivity contribution in [2.24, 2.45) is 0 Å². The third-order valence-electron chi connectivity index (χ3n) is 4.23. The van der Waals surface area contributed by atoms with Crippen LogP contribution in [0.4, 0.5) is 0 Å². The molecule has 0 aromatic rings. The molecule has 0 saturated heterocycles. The van der Waals surface area contributed by atoms with E-state index in [4.69, 9.17) is 0 Å². The van der Waals surface area contributed by atoms with Crippen LogP contribution in [0.3, 0.4) is 0 Å². The fraction of sp³-hybridized carbons (Fsp3) is 0.833. The molecule has 0 unspecified atom stereocenters. The molecule has 0 heterocycles. The average Bonchev–Trinajstić information content (AvgIpc) is 2.66. The number of rotatable bonds is 18. The van der Waals surface area contributed by atoms with Crippen molar-refractivity contribution in [2.75, 3.05) is 13.7 Å². The van der Waals surface area contributed by atoms with Crippen LogP contribution >= 0.6 is 0 Å². The molecule has 26 heavy (non-hydrogen) atoms. The summed E-state index contributed by atoms with van der Waals surface area (Å²) in [5.74, 6) is 0. The van der Waals surface area contributed by atoms with E-state index < -0.39 is 0 Å². The summed E-state index contributed by atoms with van der Waals surface area (Å²) in [6, 6.07) is 0. The van der Waals surface area contributed by atoms with Crippen LogP contribution in [0.5, 0.6) is 0 Å². The second-order valence-electron chi connectivity index (χ2n) is 6.89. The largest absolute Gasteiger partial charge is 0.240 e. The van der Waals surface area contributed by atoms with Crippen molar-refractivity contribution in [2.45, 2.75) is 117 Å². The molecule has 0 aromatic heterocycles. The van der Waals surface area contributed by atoms with Crippen LogP contribution < -0.4 is 0 Å². The van der Waals surface area contributed by atoms with E-state index >= 15 is 0 Å². The summed E-state index contributed by atoms with van der Waals surface area (Å²) in [6.07, 6.45) is 29.1. The average molecular weight is 369 g/mol. The van der Waals surface area contributed by atoms with E-state index in [1.54, 1.807) is 0 Å². The number of hydrogen-bond donors (Lipinski definition) is 0. The van der Waals surface area contributed by atoms with E-state index in [1.807, 2.05) is 0 Å². The lowest BCUT2D eigenvalue weighted by Gasteiger charge is -1.99. The van der Waals surface area contributed by atoms with Gasteiger partial charge in [0.05, 0.1) is 13.7 Å². The Balaban J connectivity index is 0. The van der Waals surface area contributed by atoms with E-state index in [2.05, 4.69) is 54.9 Å². The highest BCUT2D eigenvalue weighted by Crippen LogP contribution is 2.09. The third-order valence-corrected chi connectivity index (χ3v) is 4.23. The Bertz CT molecular complexity index is 265. The van der Waals surface area contributed by atoms with Gasteiger partial charge in [-0.1, -0.05) is 96.4 Å². The highest BCUT2D eigenvalue weighted by molar-refractivity contribution is 4.81. The predicted molar refractivity (Wildman–Crippen MR) is 118 cm³/mol. The van der Waals surface area contributed by atoms with Gasteiger partial charge in [-0.2, -0.15) is 0 Å². The predicted octanol–water partition coefficient (Wildman–Crippen LogP) is 8.57. The van der Waals surface area contributed by atoms with Crippen molar-refractivity contribution in [3.05, 3.63) is 24.3 Å². The molecule has 0 aromatic carbocycles. The van der Waals surface area contributed by atoms with Gasteiger partial charge in [0.2, 0.25) is 0 Å². The molecule has 0 aliphatic rings. The number of unbranched alkanes of at least 4 members (excludes halogenated alkanes) is 11. The maximum atomic E-state index is 4.64. The Kier molecular flexibility index (Phi) is 31.0. The standard InChI is InChI=1S/C18H34.C6H14O2/c1-3-5-7-9-11-13-15-17-18-16-14-12-10-8-6-4-2;1-3-4-5-6-8-7-2/h5,7,10,12H,3-4,6,8-9,11,13-18H2,1-2H3;3-6H2,1-2H3/b7-5+,12-10+;. The Morgan fingerprint density at radius 3 is 1.54 bits per heavy atom. The molecule has 0 atom stereocenters. The molecular formula is C24H48O2. The van der Waals surface area contributed by atoms with E-state index in [1.165, 1.54) is 97.0 Å². The van der Waals surface area contributed by atoms with E-state index in [-0.39, 0.29) is 0 Å². The van der Waals surface area contributed by atoms with E-state index in [0.717, 1.165) is 13.0 Å². The molecule has 0 spiro atoms. The molecule has 0 saturated carbocycles. The van der Waals surface area contributed by atoms with Gasteiger partial charge in [-0.25, -0.2) is 9.78 Å². The Hall–Kier alpha value is -0.600. The fourth-order valence-electron chi connectivity index (χ4n) is 2.57. The van der Waals surface area contributed by atoms with Crippen LogP contribution in [0.2, 0.25) is 0 Å². The Morgan fingerprint density at radius 1 is 0.538 bits per heavy atom. The van der Waals surface area contributed by atoms with Crippen LogP contribution in [0.25, 0.3) is 0 Å². The second kappa shape index (κ2) is 29.2. The summed E-state index contributed by atoms with van der Waals surface area (Å²) < 4.78 is 0. The zero-order valence-corrected chi connectivity index (χ0v) is 18.4. The van der Waals surface area contributed by atoms with Crippen LogP contribution in [-0.4, -0.2) is 13.7 Å². The summed E-state index contributed by atoms with van der Waals surface area (Å²) >= 11 is 0. The van der Waals surface area contributed by atoms with Crippen LogP contribution in [-0.2, 0) is 9.78 Å². The lowest BCUT2D eigenvalue weighted by atomic mass is 10.1. The van der Waals surface area contributed by atoms with Crippen molar-refractivity contribution in [1.82, 2.24) is 0 Å². The van der Waals surface area contributed by atoms with Crippen molar-refractivity contribution in [3.8, 4) is 0 Å². The molecule has 156 valence electrons. The molecule has 0 amide bonds. The number of hydrogen-bond acceptors (Lipinski definition) is 2. The van der Waals surface area contributed by atoms with Gasteiger partial charge in [0.15, 0.2) is 0 Å². The lowest BCUT2D eigenvalue weighted by Crippen LogP contribution is -1.91. The molecule has 0 aliphatic carbocycles. The molecule has 0 bridgehead atoms. The quantitative estimate of drug-likeness (QED) is 0.104. The minimum absolute atomic E-state index is 0.727. The fourth-order valence-corrected chi connectivity index (χ4v) is 2.57. The third kappa shape index (κ3) is 31.2. The van der Waals surface area contributed by atoms with Gasteiger partial charge < -0.3 is 0 Å². The molecule has 0 fully saturated rings. The maximum absolute atomic E-state index is 4.64. The van der Waals surface area contributed by atoms with Crippen LogP contribution in [0, 0.1) is 0 Å². The molecule has 0 aliphatic heterocycles. The zero-order valence-electron chi connectivity index (χ0n) is 18.4. The van der Waals surface area contributed by atoms with Crippen molar-refractivity contribution in [3.63, 3.8) is 0 Å². The first kappa shape index (κ1) is 27.6. The van der Waals surface area contributed by atoms with E-state index in [9.17, 15) is 0 Å². The smallest absolute Gasteiger partial charge is 0.0822 e. The van der Waals surface area contributed by atoms with Crippen molar-refractivity contribution < 1.29 is 9.78 Å². The molecule has 0 radical (unpaired) electrons. The monoisotopic (exact) mass is 368 g/mol. The van der Waals surface area contributed by atoms with Gasteiger partial charge in [0.25, 0.3) is 0 Å². The zero-order chi connectivity index (χ0) is 19.6. The van der Waals surface area contributed by atoms with Gasteiger partial charge in [-0.3, -0.25) is 0 Å². The number of allylic oxidation sites excluding steroid dienone is 4. The minimum Gasteiger partial charge on any atom is -0.240 e. The second-order valence-corrected chi connectivity index (χ2v) is 6.89. The molecule has 2 nitrogen and oxygen atoms in total. The highest BCUT2D eigenvalue weighted by Gasteiger charge is 1.90. The summed E-state index contributed by atoms with van der Waals surface area (Å²) in [5.41, 5.74) is 0. The molecule has 0 N–H and O–H groups in total. The van der Waals surface area contributed by atoms with Crippen LogP contribution in [0.15, 0.2) is 24.3 Å². The van der Waals surface area contributed by atoms with Crippen molar-refractivity contribution >= 4 is 0 Å². The summed E-state index contributed by atoms with van der Waals surface area (Å²) in [5, 5.41) is 0. The topological polar surface area (TPSA) is 18.5 Å². The van der Waals surface area contributed by atoms with Gasteiger partial charge in [-0.05, 0) is 44.9 Å². The normalized spacial score (nSPS) is 11.2. The van der Waals surface area contributed by atoms with Crippen LogP contribution in [0.1, 0.15) is 117 Å².